The molecule has 0 atom stereocenters. The number of nitrogens with one attached hydrogen (secondary N) is 2. The molecule has 2 aromatic rings. The van der Waals surface area contributed by atoms with E-state index in [1.807, 2.05) is 25.1 Å². The van der Waals surface area contributed by atoms with Crippen LogP contribution < -0.4 is 10.1 Å². The topological polar surface area (TPSA) is 49.9 Å². The van der Waals surface area contributed by atoms with Gasteiger partial charge in [-0.2, -0.15) is 0 Å². The Labute approximate surface area is 130 Å². The summed E-state index contributed by atoms with van der Waals surface area (Å²) in [5, 5.41) is 3.88. The van der Waals surface area contributed by atoms with Gasteiger partial charge in [-0.3, -0.25) is 0 Å². The molecule has 0 saturated carbocycles. The van der Waals surface area contributed by atoms with Gasteiger partial charge in [-0.15, -0.1) is 0 Å². The highest BCUT2D eigenvalue weighted by Gasteiger charge is 2.09. The van der Waals surface area contributed by atoms with Gasteiger partial charge in [0.15, 0.2) is 5.15 Å². The van der Waals surface area contributed by atoms with Crippen LogP contribution in [0, 0.1) is 6.92 Å². The Morgan fingerprint density at radius 3 is 2.90 bits per heavy atom. The maximum absolute atomic E-state index is 6.18. The number of aromatic nitrogens is 2. The number of ether oxygens (including phenoxy) is 1. The molecule has 0 unspecified atom stereocenters. The summed E-state index contributed by atoms with van der Waals surface area (Å²) in [6.45, 7) is 4.80. The van der Waals surface area contributed by atoms with E-state index >= 15 is 0 Å². The second kappa shape index (κ2) is 7.36. The number of hydrogen-bond acceptors (Lipinski definition) is 3. The molecule has 1 aromatic carbocycles. The summed E-state index contributed by atoms with van der Waals surface area (Å²) < 4.78 is 5.38. The molecular formula is C16H22ClN3O. The van der Waals surface area contributed by atoms with Crippen LogP contribution in [0.25, 0.3) is 0 Å². The lowest BCUT2D eigenvalue weighted by atomic mass is 10.2. The molecule has 0 amide bonds. The van der Waals surface area contributed by atoms with Crippen molar-refractivity contribution in [3.8, 4) is 5.75 Å². The molecule has 0 radical (unpaired) electrons. The van der Waals surface area contributed by atoms with E-state index in [9.17, 15) is 0 Å². The van der Waals surface area contributed by atoms with Crippen molar-refractivity contribution in [1.29, 1.82) is 0 Å². The third kappa shape index (κ3) is 4.14. The van der Waals surface area contributed by atoms with Crippen molar-refractivity contribution < 1.29 is 4.74 Å². The smallest absolute Gasteiger partial charge is 0.152 e. The maximum Gasteiger partial charge on any atom is 0.152 e. The zero-order chi connectivity index (χ0) is 15.2. The number of aromatic amines is 1. The van der Waals surface area contributed by atoms with E-state index in [2.05, 4.69) is 22.2 Å². The highest BCUT2D eigenvalue weighted by atomic mass is 35.5. The number of aryl methyl sites for hydroxylation is 2. The van der Waals surface area contributed by atoms with Crippen molar-refractivity contribution in [2.45, 2.75) is 39.7 Å². The Morgan fingerprint density at radius 1 is 1.38 bits per heavy atom. The molecule has 0 saturated heterocycles. The van der Waals surface area contributed by atoms with Gasteiger partial charge >= 0.3 is 0 Å². The second-order valence-corrected chi connectivity index (χ2v) is 5.47. The number of benzene rings is 1. The average molecular weight is 308 g/mol. The van der Waals surface area contributed by atoms with Gasteiger partial charge in [-0.1, -0.05) is 31.0 Å². The first-order valence-electron chi connectivity index (χ1n) is 7.25. The molecule has 0 aliphatic rings. The van der Waals surface area contributed by atoms with Crippen molar-refractivity contribution >= 4 is 17.3 Å². The quantitative estimate of drug-likeness (QED) is 0.800. The number of H-pyrrole nitrogens is 1. The van der Waals surface area contributed by atoms with E-state index in [0.717, 1.165) is 42.2 Å². The molecule has 0 fully saturated rings. The van der Waals surface area contributed by atoms with Crippen LogP contribution in [-0.2, 0) is 13.0 Å². The van der Waals surface area contributed by atoms with Gasteiger partial charge in [0.05, 0.1) is 25.0 Å². The van der Waals surface area contributed by atoms with Crippen molar-refractivity contribution in [2.75, 3.05) is 12.4 Å². The standard InChI is InChI=1S/C16H22ClN3O/c1-4-5-6-15-19-13(16(17)20-15)10-18-12-8-7-11(2)9-14(12)21-3/h7-9,18H,4-6,10H2,1-3H3,(H,19,20). The summed E-state index contributed by atoms with van der Waals surface area (Å²) in [4.78, 5) is 7.64. The SMILES string of the molecule is CCCCc1nc(Cl)c(CNc2ccc(C)cc2OC)[nH]1. The number of anilines is 1. The van der Waals surface area contributed by atoms with E-state index < -0.39 is 0 Å². The summed E-state index contributed by atoms with van der Waals surface area (Å²) in [6.07, 6.45) is 3.19. The first-order valence-corrected chi connectivity index (χ1v) is 7.63. The largest absolute Gasteiger partial charge is 0.495 e. The summed E-state index contributed by atoms with van der Waals surface area (Å²) in [5.41, 5.74) is 3.02. The van der Waals surface area contributed by atoms with E-state index in [-0.39, 0.29) is 0 Å². The van der Waals surface area contributed by atoms with E-state index in [0.29, 0.717) is 11.7 Å². The van der Waals surface area contributed by atoms with E-state index in [4.69, 9.17) is 16.3 Å². The number of methoxy groups -OCH3 is 1. The molecule has 21 heavy (non-hydrogen) atoms. The fourth-order valence-electron chi connectivity index (χ4n) is 2.15. The van der Waals surface area contributed by atoms with Gasteiger partial charge in [0.2, 0.25) is 0 Å². The number of imidazole rings is 1. The zero-order valence-electron chi connectivity index (χ0n) is 12.8. The molecule has 5 heteroatoms. The van der Waals surface area contributed by atoms with Gasteiger partial charge in [-0.25, -0.2) is 4.98 Å². The molecule has 2 rings (SSSR count). The van der Waals surface area contributed by atoms with Crippen LogP contribution in [0.2, 0.25) is 5.15 Å². The summed E-state index contributed by atoms with van der Waals surface area (Å²) in [6, 6.07) is 6.06. The number of rotatable bonds is 7. The van der Waals surface area contributed by atoms with Gasteiger partial charge < -0.3 is 15.0 Å². The maximum atomic E-state index is 6.18. The third-order valence-corrected chi connectivity index (χ3v) is 3.67. The summed E-state index contributed by atoms with van der Waals surface area (Å²) in [5.74, 6) is 1.78. The minimum absolute atomic E-state index is 0.541. The molecule has 0 bridgehead atoms. The normalized spacial score (nSPS) is 10.7. The number of hydrogen-bond donors (Lipinski definition) is 2. The van der Waals surface area contributed by atoms with Crippen LogP contribution in [0.3, 0.4) is 0 Å². The molecule has 2 N–H and O–H groups in total. The number of nitrogens with zero attached hydrogens (tertiary/aromatic N) is 1. The van der Waals surface area contributed by atoms with Crippen LogP contribution in [0.4, 0.5) is 5.69 Å². The van der Waals surface area contributed by atoms with Gasteiger partial charge in [0, 0.05) is 6.42 Å². The first kappa shape index (κ1) is 15.7. The monoisotopic (exact) mass is 307 g/mol. The Morgan fingerprint density at radius 2 is 2.19 bits per heavy atom. The molecule has 1 aromatic heterocycles. The highest BCUT2D eigenvalue weighted by Crippen LogP contribution is 2.26. The van der Waals surface area contributed by atoms with Crippen LogP contribution in [0.5, 0.6) is 5.75 Å². The Balaban J connectivity index is 2.04. The summed E-state index contributed by atoms with van der Waals surface area (Å²) >= 11 is 6.18. The molecular weight excluding hydrogens is 286 g/mol. The van der Waals surface area contributed by atoms with Gasteiger partial charge in [0.25, 0.3) is 0 Å². The Bertz CT molecular complexity index is 595. The van der Waals surface area contributed by atoms with Crippen molar-refractivity contribution in [3.63, 3.8) is 0 Å². The van der Waals surface area contributed by atoms with E-state index in [1.165, 1.54) is 5.56 Å². The minimum atomic E-state index is 0.541. The number of unbranched alkanes of at least 4 members (excludes halogenated alkanes) is 1. The van der Waals surface area contributed by atoms with Crippen molar-refractivity contribution in [2.24, 2.45) is 0 Å². The average Bonchev–Trinajstić information content (AvgIpc) is 2.84. The molecule has 0 spiro atoms. The highest BCUT2D eigenvalue weighted by molar-refractivity contribution is 6.30. The molecule has 114 valence electrons. The molecule has 0 aliphatic carbocycles. The molecule has 4 nitrogen and oxygen atoms in total. The van der Waals surface area contributed by atoms with Crippen LogP contribution in [-0.4, -0.2) is 17.1 Å². The second-order valence-electron chi connectivity index (χ2n) is 5.11. The van der Waals surface area contributed by atoms with E-state index in [1.54, 1.807) is 7.11 Å². The predicted molar refractivity (Wildman–Crippen MR) is 87.3 cm³/mol. The van der Waals surface area contributed by atoms with Crippen LogP contribution in [0.15, 0.2) is 18.2 Å². The third-order valence-electron chi connectivity index (χ3n) is 3.36. The van der Waals surface area contributed by atoms with Crippen LogP contribution >= 0.6 is 11.6 Å². The fourth-order valence-corrected chi connectivity index (χ4v) is 2.36. The molecule has 0 aliphatic heterocycles. The fraction of sp³-hybridized carbons (Fsp3) is 0.438. The van der Waals surface area contributed by atoms with Gasteiger partial charge in [-0.05, 0) is 31.0 Å². The molecule has 1 heterocycles. The Kier molecular flexibility index (Phi) is 5.51. The number of halogens is 1. The van der Waals surface area contributed by atoms with Crippen LogP contribution in [0.1, 0.15) is 36.8 Å². The minimum Gasteiger partial charge on any atom is -0.495 e. The Hall–Kier alpha value is -1.68. The lowest BCUT2D eigenvalue weighted by Gasteiger charge is -2.11. The first-order chi connectivity index (χ1) is 10.1. The van der Waals surface area contributed by atoms with Crippen molar-refractivity contribution in [1.82, 2.24) is 9.97 Å². The lowest BCUT2D eigenvalue weighted by Crippen LogP contribution is -2.02. The van der Waals surface area contributed by atoms with Gasteiger partial charge in [0.1, 0.15) is 11.6 Å². The lowest BCUT2D eigenvalue weighted by molar-refractivity contribution is 0.416. The van der Waals surface area contributed by atoms with Crippen molar-refractivity contribution in [3.05, 3.63) is 40.4 Å². The summed E-state index contributed by atoms with van der Waals surface area (Å²) in [7, 11) is 1.67. The predicted octanol–water partition coefficient (Wildman–Crippen LogP) is 4.33. The zero-order valence-corrected chi connectivity index (χ0v) is 13.5.